The molecule has 33 heavy (non-hydrogen) atoms. The lowest BCUT2D eigenvalue weighted by molar-refractivity contribution is -0.173. The SMILES string of the molecule is COc1ccccc1NC(=O)c1cc2n(n1)[C@@H](C(F)(F)F)C[C@@H](c1ccc3c(c1)OCO3)N2. The third kappa shape index (κ3) is 3.90. The van der Waals surface area contributed by atoms with Crippen LogP contribution in [0.25, 0.3) is 0 Å². The maximum atomic E-state index is 13.9. The van der Waals surface area contributed by atoms with E-state index in [4.69, 9.17) is 14.2 Å². The standard InChI is InChI=1S/C22H19F3N4O4/c1-31-16-5-3-2-4-13(16)27-21(30)15-10-20-26-14(9-19(22(23,24)25)29(20)28-15)12-6-7-17-18(8-12)33-11-32-17/h2-8,10,14,19,26H,9,11H2,1H3,(H,27,30)/t14-,19+/m0/s1. The van der Waals surface area contributed by atoms with Gasteiger partial charge >= 0.3 is 6.18 Å². The average molecular weight is 460 g/mol. The second-order valence-electron chi connectivity index (χ2n) is 7.62. The monoisotopic (exact) mass is 460 g/mol. The zero-order valence-electron chi connectivity index (χ0n) is 17.3. The first-order valence-corrected chi connectivity index (χ1v) is 10.1. The van der Waals surface area contributed by atoms with Crippen LogP contribution in [0.1, 0.15) is 34.6 Å². The zero-order chi connectivity index (χ0) is 23.2. The van der Waals surface area contributed by atoms with Gasteiger partial charge < -0.3 is 24.8 Å². The summed E-state index contributed by atoms with van der Waals surface area (Å²) in [7, 11) is 1.45. The lowest BCUT2D eigenvalue weighted by atomic mass is 9.96. The van der Waals surface area contributed by atoms with Gasteiger partial charge in [-0.15, -0.1) is 0 Å². The molecule has 2 aliphatic heterocycles. The number of aromatic nitrogens is 2. The highest BCUT2D eigenvalue weighted by molar-refractivity contribution is 6.04. The number of nitrogens with one attached hydrogen (secondary N) is 2. The van der Waals surface area contributed by atoms with Gasteiger partial charge in [-0.3, -0.25) is 4.79 Å². The van der Waals surface area contributed by atoms with Crippen LogP contribution in [-0.2, 0) is 0 Å². The number of alkyl halides is 3. The van der Waals surface area contributed by atoms with E-state index in [9.17, 15) is 18.0 Å². The van der Waals surface area contributed by atoms with Crippen molar-refractivity contribution in [1.82, 2.24) is 9.78 Å². The largest absolute Gasteiger partial charge is 0.495 e. The van der Waals surface area contributed by atoms with E-state index in [0.29, 0.717) is 28.5 Å². The third-order valence-electron chi connectivity index (χ3n) is 5.58. The molecule has 11 heteroatoms. The van der Waals surface area contributed by atoms with Gasteiger partial charge in [0.15, 0.2) is 23.2 Å². The average Bonchev–Trinajstić information content (AvgIpc) is 3.44. The van der Waals surface area contributed by atoms with E-state index >= 15 is 0 Å². The van der Waals surface area contributed by atoms with Gasteiger partial charge in [-0.1, -0.05) is 18.2 Å². The normalized spacial score (nSPS) is 18.9. The van der Waals surface area contributed by atoms with E-state index in [-0.39, 0.29) is 24.7 Å². The van der Waals surface area contributed by atoms with Crippen LogP contribution in [0, 0.1) is 0 Å². The summed E-state index contributed by atoms with van der Waals surface area (Å²) in [4.78, 5) is 12.8. The number of halogens is 3. The second kappa shape index (κ2) is 7.91. The van der Waals surface area contributed by atoms with Crippen molar-refractivity contribution in [3.05, 3.63) is 59.8 Å². The number of ether oxygens (including phenoxy) is 3. The molecular weight excluding hydrogens is 441 g/mol. The number of nitrogens with zero attached hydrogens (tertiary/aromatic N) is 2. The Morgan fingerprint density at radius 3 is 2.76 bits per heavy atom. The molecule has 0 aliphatic carbocycles. The maximum Gasteiger partial charge on any atom is 0.410 e. The minimum absolute atomic E-state index is 0.0689. The van der Waals surface area contributed by atoms with Gasteiger partial charge in [0.2, 0.25) is 6.79 Å². The van der Waals surface area contributed by atoms with Gasteiger partial charge in [0.05, 0.1) is 18.8 Å². The Labute approximate surface area is 186 Å². The number of methoxy groups -OCH3 is 1. The van der Waals surface area contributed by atoms with Gasteiger partial charge in [0.1, 0.15) is 11.6 Å². The third-order valence-corrected chi connectivity index (χ3v) is 5.58. The summed E-state index contributed by atoms with van der Waals surface area (Å²) >= 11 is 0. The minimum Gasteiger partial charge on any atom is -0.495 e. The van der Waals surface area contributed by atoms with Crippen LogP contribution in [0.4, 0.5) is 24.7 Å². The van der Waals surface area contributed by atoms with Crippen molar-refractivity contribution in [1.29, 1.82) is 0 Å². The van der Waals surface area contributed by atoms with Crippen LogP contribution in [0.3, 0.4) is 0 Å². The topological polar surface area (TPSA) is 86.6 Å². The van der Waals surface area contributed by atoms with Crippen LogP contribution in [0.2, 0.25) is 0 Å². The Balaban J connectivity index is 1.45. The number of para-hydroxylation sites is 2. The van der Waals surface area contributed by atoms with E-state index in [1.54, 1.807) is 42.5 Å². The van der Waals surface area contributed by atoms with Crippen molar-refractivity contribution in [2.24, 2.45) is 0 Å². The molecule has 0 fully saturated rings. The molecule has 0 saturated heterocycles. The summed E-state index contributed by atoms with van der Waals surface area (Å²) in [5.41, 5.74) is 0.847. The Hall–Kier alpha value is -3.89. The Morgan fingerprint density at radius 2 is 1.97 bits per heavy atom. The molecule has 8 nitrogen and oxygen atoms in total. The first-order valence-electron chi connectivity index (χ1n) is 10.1. The predicted molar refractivity (Wildman–Crippen MR) is 112 cm³/mol. The molecule has 0 bridgehead atoms. The van der Waals surface area contributed by atoms with Gasteiger partial charge in [0, 0.05) is 12.5 Å². The van der Waals surface area contributed by atoms with Crippen molar-refractivity contribution in [2.75, 3.05) is 24.5 Å². The summed E-state index contributed by atoms with van der Waals surface area (Å²) in [6, 6.07) is 10.5. The maximum absolute atomic E-state index is 13.9. The summed E-state index contributed by atoms with van der Waals surface area (Å²) in [6.07, 6.45) is -4.86. The molecule has 0 unspecified atom stereocenters. The first kappa shape index (κ1) is 21.0. The molecule has 3 aromatic rings. The van der Waals surface area contributed by atoms with Crippen LogP contribution in [0.5, 0.6) is 17.2 Å². The van der Waals surface area contributed by atoms with Crippen molar-refractivity contribution in [2.45, 2.75) is 24.7 Å². The first-order chi connectivity index (χ1) is 15.8. The van der Waals surface area contributed by atoms with Gasteiger partial charge in [-0.05, 0) is 29.8 Å². The van der Waals surface area contributed by atoms with Crippen molar-refractivity contribution >= 4 is 17.4 Å². The number of hydrogen-bond acceptors (Lipinski definition) is 6. The van der Waals surface area contributed by atoms with Gasteiger partial charge in [-0.2, -0.15) is 18.3 Å². The zero-order valence-corrected chi connectivity index (χ0v) is 17.3. The van der Waals surface area contributed by atoms with E-state index in [2.05, 4.69) is 15.7 Å². The molecule has 3 heterocycles. The molecule has 2 N–H and O–H groups in total. The second-order valence-corrected chi connectivity index (χ2v) is 7.62. The summed E-state index contributed by atoms with van der Waals surface area (Å²) in [5.74, 6) is 0.889. The molecule has 2 aliphatic rings. The molecule has 0 saturated carbocycles. The quantitative estimate of drug-likeness (QED) is 0.595. The molecule has 1 amide bonds. The lowest BCUT2D eigenvalue weighted by Crippen LogP contribution is -2.35. The minimum atomic E-state index is -4.56. The summed E-state index contributed by atoms with van der Waals surface area (Å²) < 4.78 is 58.5. The molecule has 172 valence electrons. The Morgan fingerprint density at radius 1 is 1.18 bits per heavy atom. The lowest BCUT2D eigenvalue weighted by Gasteiger charge is -2.33. The predicted octanol–water partition coefficient (Wildman–Crippen LogP) is 4.53. The fourth-order valence-electron chi connectivity index (χ4n) is 3.97. The van der Waals surface area contributed by atoms with Gasteiger partial charge in [-0.25, -0.2) is 4.68 Å². The molecular formula is C22H19F3N4O4. The van der Waals surface area contributed by atoms with E-state index in [1.165, 1.54) is 13.2 Å². The molecule has 1 aromatic heterocycles. The van der Waals surface area contributed by atoms with Crippen molar-refractivity contribution < 1.29 is 32.2 Å². The summed E-state index contributed by atoms with van der Waals surface area (Å²) in [6.45, 7) is 0.0689. The number of carbonyl (C=O) groups excluding carboxylic acids is 1. The number of anilines is 2. The smallest absolute Gasteiger partial charge is 0.410 e. The fourth-order valence-corrected chi connectivity index (χ4v) is 3.97. The van der Waals surface area contributed by atoms with Crippen LogP contribution in [0.15, 0.2) is 48.5 Å². The van der Waals surface area contributed by atoms with E-state index < -0.39 is 24.2 Å². The highest BCUT2D eigenvalue weighted by Gasteiger charge is 2.47. The number of rotatable bonds is 4. The highest BCUT2D eigenvalue weighted by atomic mass is 19.4. The van der Waals surface area contributed by atoms with Gasteiger partial charge in [0.25, 0.3) is 5.91 Å². The van der Waals surface area contributed by atoms with Crippen molar-refractivity contribution in [3.8, 4) is 17.2 Å². The summed E-state index contributed by atoms with van der Waals surface area (Å²) in [5, 5.41) is 9.67. The Bertz CT molecular complexity index is 1210. The molecule has 5 rings (SSSR count). The molecule has 2 aromatic carbocycles. The highest BCUT2D eigenvalue weighted by Crippen LogP contribution is 2.45. The molecule has 2 atom stereocenters. The van der Waals surface area contributed by atoms with Crippen LogP contribution in [-0.4, -0.2) is 35.8 Å². The number of benzene rings is 2. The number of fused-ring (bicyclic) bond motifs is 2. The van der Waals surface area contributed by atoms with E-state index in [0.717, 1.165) is 4.68 Å². The van der Waals surface area contributed by atoms with Crippen molar-refractivity contribution in [3.63, 3.8) is 0 Å². The number of hydrogen-bond donors (Lipinski definition) is 2. The van der Waals surface area contributed by atoms with E-state index in [1.807, 2.05) is 0 Å². The van der Waals surface area contributed by atoms with Crippen LogP contribution >= 0.6 is 0 Å². The number of amides is 1. The number of carbonyl (C=O) groups is 1. The van der Waals surface area contributed by atoms with Crippen LogP contribution < -0.4 is 24.8 Å². The molecule has 0 spiro atoms. The fraction of sp³-hybridized carbons (Fsp3) is 0.273. The molecule has 0 radical (unpaired) electrons. The Kier molecular flexibility index (Phi) is 5.03.